The van der Waals surface area contributed by atoms with Crippen molar-refractivity contribution in [2.75, 3.05) is 63.6 Å². The number of aliphatic hydroxyl groups excluding tert-OH is 1. The zero-order valence-corrected chi connectivity index (χ0v) is 44.0. The Morgan fingerprint density at radius 1 is 1.11 bits per heavy atom. The number of thiazole rings is 1. The van der Waals surface area contributed by atoms with E-state index in [-0.39, 0.29) is 42.8 Å². The van der Waals surface area contributed by atoms with Crippen LogP contribution < -0.4 is 26.0 Å². The van der Waals surface area contributed by atoms with E-state index in [9.17, 15) is 20.0 Å². The predicted molar refractivity (Wildman–Crippen MR) is 278 cm³/mol. The van der Waals surface area contributed by atoms with E-state index in [4.69, 9.17) is 25.0 Å². The Kier molecular flexibility index (Phi) is 15.8. The van der Waals surface area contributed by atoms with Crippen LogP contribution in [-0.4, -0.2) is 138 Å². The number of nitrogen functional groups attached to an aromatic ring is 1. The summed E-state index contributed by atoms with van der Waals surface area (Å²) >= 11 is 3.06. The van der Waals surface area contributed by atoms with E-state index in [1.807, 2.05) is 57.6 Å². The number of β-amino-alcohol motifs (C(OH)–C–C–N with tert-alkyl or cyclic N) is 1. The van der Waals surface area contributed by atoms with Gasteiger partial charge in [-0.1, -0.05) is 53.6 Å². The second-order valence-corrected chi connectivity index (χ2v) is 22.0. The molecule has 22 heteroatoms. The van der Waals surface area contributed by atoms with Gasteiger partial charge in [-0.25, -0.2) is 19.6 Å². The minimum atomic E-state index is -0.859. The molecule has 1 aromatic carbocycles. The summed E-state index contributed by atoms with van der Waals surface area (Å²) < 4.78 is 13.5. The lowest BCUT2D eigenvalue weighted by molar-refractivity contribution is -0.142. The first-order valence-electron chi connectivity index (χ1n) is 25.2. The van der Waals surface area contributed by atoms with Crippen LogP contribution in [0.2, 0.25) is 0 Å². The normalized spacial score (nSPS) is 21.2. The predicted octanol–water partition coefficient (Wildman–Crippen LogP) is 5.70. The molecule has 0 saturated carbocycles. The van der Waals surface area contributed by atoms with Crippen LogP contribution in [0.3, 0.4) is 0 Å². The number of benzene rings is 1. The van der Waals surface area contributed by atoms with Crippen LogP contribution in [-0.2, 0) is 21.4 Å². The van der Waals surface area contributed by atoms with Crippen LogP contribution in [0.15, 0.2) is 52.8 Å². The van der Waals surface area contributed by atoms with Crippen molar-refractivity contribution in [3.8, 4) is 33.9 Å². The highest BCUT2D eigenvalue weighted by Gasteiger charge is 2.45. The highest BCUT2D eigenvalue weighted by atomic mass is 32.1. The molecule has 7 heterocycles. The number of ether oxygens (including phenoxy) is 1. The molecule has 2 fully saturated rings. The number of anilines is 2. The Labute approximate surface area is 433 Å². The molecule has 6 atom stereocenters. The number of carbonyl (C=O) groups excluding carboxylic acids is 2. The van der Waals surface area contributed by atoms with Crippen LogP contribution in [0.1, 0.15) is 111 Å². The molecule has 6 aromatic rings. The lowest BCUT2D eigenvalue weighted by Crippen LogP contribution is -2.50. The number of carbonyl (C=O) groups is 2. The second kappa shape index (κ2) is 22.4. The SMILES string of the molecule is CNC[C@H](NC(=O)[C@@H]1C[C@@H](O)CN1C(=O)[C@H](C(C)C)n1cc(OCCCCN2CCCN(c3nccc(-c4noc([C@@]5(C)CCCc6sc(N)c(C#N)c65)n4)n3)[C@@H](C)C2)nn1)c1ccc(-c2scnc2C)cc1. The summed E-state index contributed by atoms with van der Waals surface area (Å²) in [6.45, 7) is 14.5. The average molecular weight is 1030 g/mol. The highest BCUT2D eigenvalue weighted by molar-refractivity contribution is 7.16. The Balaban J connectivity index is 0.758. The number of hydrogen-bond acceptors (Lipinski definition) is 19. The summed E-state index contributed by atoms with van der Waals surface area (Å²) in [5, 5.41) is 40.5. The minimum absolute atomic E-state index is 0.0373. The Hall–Kier alpha value is -6.38. The summed E-state index contributed by atoms with van der Waals surface area (Å²) in [6.07, 6.45) is 7.87. The van der Waals surface area contributed by atoms with Gasteiger partial charge in [0.2, 0.25) is 29.5 Å². The number of rotatable bonds is 18. The van der Waals surface area contributed by atoms with E-state index in [1.165, 1.54) is 20.9 Å². The lowest BCUT2D eigenvalue weighted by Gasteiger charge is -2.30. The molecule has 386 valence electrons. The maximum atomic E-state index is 14.4. The van der Waals surface area contributed by atoms with E-state index in [2.05, 4.69) is 65.8 Å². The summed E-state index contributed by atoms with van der Waals surface area (Å²) in [6, 6.07) is 10.3. The van der Waals surface area contributed by atoms with Crippen molar-refractivity contribution in [3.63, 3.8) is 0 Å². The van der Waals surface area contributed by atoms with E-state index < -0.39 is 23.6 Å². The molecule has 73 heavy (non-hydrogen) atoms. The summed E-state index contributed by atoms with van der Waals surface area (Å²) in [5.41, 5.74) is 12.4. The van der Waals surface area contributed by atoms with Crippen LogP contribution in [0, 0.1) is 24.2 Å². The van der Waals surface area contributed by atoms with Gasteiger partial charge in [0.1, 0.15) is 28.8 Å². The topological polar surface area (TPSA) is 255 Å². The van der Waals surface area contributed by atoms with Gasteiger partial charge in [0.05, 0.1) is 52.0 Å². The first kappa shape index (κ1) is 51.5. The number of nitriles is 1. The van der Waals surface area contributed by atoms with Crippen LogP contribution in [0.4, 0.5) is 10.9 Å². The van der Waals surface area contributed by atoms with Crippen LogP contribution in [0.25, 0.3) is 22.0 Å². The highest BCUT2D eigenvalue weighted by Crippen LogP contribution is 2.48. The molecule has 2 saturated heterocycles. The van der Waals surface area contributed by atoms with Gasteiger partial charge in [0.25, 0.3) is 5.88 Å². The zero-order chi connectivity index (χ0) is 51.4. The number of fused-ring (bicyclic) bond motifs is 1. The number of thiophene rings is 1. The maximum Gasteiger partial charge on any atom is 0.253 e. The molecular formula is C51H65N15O5S2. The fourth-order valence-corrected chi connectivity index (χ4v) is 12.7. The number of nitrogens with zero attached hydrogens (tertiary/aromatic N) is 12. The zero-order valence-electron chi connectivity index (χ0n) is 42.3. The monoisotopic (exact) mass is 1030 g/mol. The third-order valence-electron chi connectivity index (χ3n) is 14.4. The average Bonchev–Trinajstić information content (AvgIpc) is 4.24. The van der Waals surface area contributed by atoms with Crippen molar-refractivity contribution < 1.29 is 24.0 Å². The van der Waals surface area contributed by atoms with E-state index in [0.717, 1.165) is 96.8 Å². The van der Waals surface area contributed by atoms with Crippen molar-refractivity contribution in [1.82, 2.24) is 60.5 Å². The van der Waals surface area contributed by atoms with Gasteiger partial charge in [0, 0.05) is 55.3 Å². The van der Waals surface area contributed by atoms with Crippen LogP contribution >= 0.6 is 22.7 Å². The number of likely N-dealkylation sites (tertiary alicyclic amines) is 1. The first-order valence-corrected chi connectivity index (χ1v) is 26.9. The molecule has 5 N–H and O–H groups in total. The third kappa shape index (κ3) is 11.0. The van der Waals surface area contributed by atoms with Crippen molar-refractivity contribution in [2.24, 2.45) is 5.92 Å². The van der Waals surface area contributed by atoms with E-state index in [1.54, 1.807) is 29.8 Å². The molecule has 3 aliphatic rings. The molecule has 5 aromatic heterocycles. The largest absolute Gasteiger partial charge is 0.475 e. The molecule has 0 radical (unpaired) electrons. The number of aliphatic hydroxyl groups is 1. The van der Waals surface area contributed by atoms with Crippen molar-refractivity contribution >= 4 is 45.4 Å². The molecule has 2 aliphatic heterocycles. The summed E-state index contributed by atoms with van der Waals surface area (Å²) in [7, 11) is 1.83. The van der Waals surface area contributed by atoms with Crippen molar-refractivity contribution in [1.29, 1.82) is 5.26 Å². The van der Waals surface area contributed by atoms with E-state index >= 15 is 0 Å². The summed E-state index contributed by atoms with van der Waals surface area (Å²) in [5.74, 6) is 0.922. The number of hydrogen-bond donors (Lipinski definition) is 4. The van der Waals surface area contributed by atoms with Gasteiger partial charge >= 0.3 is 0 Å². The fourth-order valence-electron chi connectivity index (χ4n) is 10.6. The smallest absolute Gasteiger partial charge is 0.253 e. The number of amides is 2. The van der Waals surface area contributed by atoms with Crippen LogP contribution in [0.5, 0.6) is 5.88 Å². The molecule has 9 rings (SSSR count). The molecular weight excluding hydrogens is 967 g/mol. The molecule has 1 aliphatic carbocycles. The standard InChI is InChI=1S/C51H65N15O5S2/c1-30(2)43(48(69)65-27-35(67)23-39(65)47(68)57-38(25-54-6)33-12-14-34(15-13-33)44-32(4)56-29-72-44)66-28-41(60-62-66)70-22-8-7-19-63-20-10-21-64(31(3)26-63)50-55-18-16-37(58-50)46-59-49(71-61-46)51(5)17-9-11-40-42(51)36(24-52)45(53)73-40/h12-16,18,28-31,35,38-39,43,54,67H,7-11,17,19-23,25-27,53H2,1-6H3,(H,57,68)/t31-,35+,38-,39-,43-,51-/m0/s1. The number of aromatic nitrogens is 8. The number of aryl methyl sites for hydroxylation is 2. The van der Waals surface area contributed by atoms with Gasteiger partial charge in [0.15, 0.2) is 0 Å². The molecule has 20 nitrogen and oxygen atoms in total. The number of unbranched alkanes of at least 4 members (excludes halogenated alkanes) is 1. The number of nitrogens with one attached hydrogen (secondary N) is 2. The van der Waals surface area contributed by atoms with Crippen molar-refractivity contribution in [2.45, 2.75) is 115 Å². The van der Waals surface area contributed by atoms with Gasteiger partial charge in [-0.3, -0.25) is 9.59 Å². The molecule has 2 amide bonds. The Bertz CT molecular complexity index is 2910. The van der Waals surface area contributed by atoms with Gasteiger partial charge in [-0.2, -0.15) is 10.2 Å². The minimum Gasteiger partial charge on any atom is -0.475 e. The Morgan fingerprint density at radius 3 is 2.68 bits per heavy atom. The van der Waals surface area contributed by atoms with E-state index in [0.29, 0.717) is 53.0 Å². The maximum absolute atomic E-state index is 14.4. The molecule has 0 spiro atoms. The lowest BCUT2D eigenvalue weighted by atomic mass is 9.72. The molecule has 0 unspecified atom stereocenters. The number of likely N-dealkylation sites (N-methyl/N-ethyl adjacent to an activating group) is 1. The Morgan fingerprint density at radius 2 is 1.93 bits per heavy atom. The first-order chi connectivity index (χ1) is 35.3. The van der Waals surface area contributed by atoms with Gasteiger partial charge in [-0.05, 0) is 103 Å². The number of nitrogens with two attached hydrogens (primary N) is 1. The van der Waals surface area contributed by atoms with Gasteiger partial charge < -0.3 is 45.4 Å². The van der Waals surface area contributed by atoms with Gasteiger partial charge in [-0.15, -0.1) is 22.7 Å². The molecule has 0 bridgehead atoms. The second-order valence-electron chi connectivity index (χ2n) is 20.0. The third-order valence-corrected chi connectivity index (χ3v) is 16.5. The quantitative estimate of drug-likeness (QED) is 0.0753. The van der Waals surface area contributed by atoms with Crippen molar-refractivity contribution in [3.05, 3.63) is 81.4 Å². The summed E-state index contributed by atoms with van der Waals surface area (Å²) in [4.78, 5) is 55.5. The fraction of sp³-hybridized carbons (Fsp3) is 0.529.